The smallest absolute Gasteiger partial charge is 0.230 e. The number of amides is 1. The Kier molecular flexibility index (Phi) is 4.56. The number of hydrogen-bond acceptors (Lipinski definition) is 3. The van der Waals surface area contributed by atoms with Crippen LogP contribution in [0.5, 0.6) is 0 Å². The van der Waals surface area contributed by atoms with Crippen molar-refractivity contribution in [3.8, 4) is 0 Å². The molecule has 0 saturated carbocycles. The zero-order valence-corrected chi connectivity index (χ0v) is 11.5. The molecule has 2 aliphatic heterocycles. The number of aliphatic imine (C=N–C) groups is 1. The van der Waals surface area contributed by atoms with Crippen LogP contribution < -0.4 is 5.32 Å². The van der Waals surface area contributed by atoms with Crippen LogP contribution in [-0.4, -0.2) is 36.3 Å². The fourth-order valence-corrected chi connectivity index (χ4v) is 2.74. The van der Waals surface area contributed by atoms with Crippen LogP contribution in [0.15, 0.2) is 35.3 Å². The second-order valence-electron chi connectivity index (χ2n) is 4.97. The number of likely N-dealkylation sites (tertiary alicyclic amines) is 1. The highest BCUT2D eigenvalue weighted by Crippen LogP contribution is 2.23. The summed E-state index contributed by atoms with van der Waals surface area (Å²) in [5.41, 5.74) is 1.32. The summed E-state index contributed by atoms with van der Waals surface area (Å²) in [6.07, 6.45) is 2.45. The van der Waals surface area contributed by atoms with Crippen LogP contribution in [0.4, 0.5) is 0 Å². The average molecular weight is 280 g/mol. The van der Waals surface area contributed by atoms with Crippen LogP contribution in [0.2, 0.25) is 0 Å². The van der Waals surface area contributed by atoms with E-state index in [0.29, 0.717) is 0 Å². The Hall–Kier alpha value is -1.39. The van der Waals surface area contributed by atoms with Gasteiger partial charge in [0.05, 0.1) is 18.3 Å². The molecular formula is C14H18ClN3O. The third-order valence-electron chi connectivity index (χ3n) is 3.72. The van der Waals surface area contributed by atoms with Crippen molar-refractivity contribution in [1.29, 1.82) is 0 Å². The summed E-state index contributed by atoms with van der Waals surface area (Å²) in [7, 11) is 0. The van der Waals surface area contributed by atoms with Crippen LogP contribution in [0.1, 0.15) is 12.0 Å². The molecule has 5 heteroatoms. The van der Waals surface area contributed by atoms with Crippen molar-refractivity contribution < 1.29 is 4.79 Å². The van der Waals surface area contributed by atoms with Gasteiger partial charge in [-0.25, -0.2) is 0 Å². The lowest BCUT2D eigenvalue weighted by Crippen LogP contribution is -2.51. The number of piperidine rings is 1. The molecule has 2 aliphatic rings. The number of rotatable bonds is 2. The molecule has 2 heterocycles. The van der Waals surface area contributed by atoms with Gasteiger partial charge in [0.15, 0.2) is 0 Å². The molecular weight excluding hydrogens is 262 g/mol. The van der Waals surface area contributed by atoms with Gasteiger partial charge in [-0.05, 0) is 18.5 Å². The summed E-state index contributed by atoms with van der Waals surface area (Å²) in [6, 6.07) is 10.6. The number of nitrogens with zero attached hydrogens (tertiary/aromatic N) is 2. The molecule has 2 unspecified atom stereocenters. The Morgan fingerprint density at radius 2 is 2.11 bits per heavy atom. The summed E-state index contributed by atoms with van der Waals surface area (Å²) in [5, 5.41) is 2.70. The van der Waals surface area contributed by atoms with Gasteiger partial charge in [0.2, 0.25) is 5.91 Å². The van der Waals surface area contributed by atoms with E-state index in [4.69, 9.17) is 0 Å². The minimum absolute atomic E-state index is 0. The van der Waals surface area contributed by atoms with Gasteiger partial charge in [0, 0.05) is 13.1 Å². The highest BCUT2D eigenvalue weighted by atomic mass is 35.5. The maximum absolute atomic E-state index is 11.7. The van der Waals surface area contributed by atoms with E-state index in [1.807, 2.05) is 6.07 Å². The first kappa shape index (κ1) is 14.0. The molecule has 4 nitrogen and oxygen atoms in total. The first-order valence-electron chi connectivity index (χ1n) is 6.41. The summed E-state index contributed by atoms with van der Waals surface area (Å²) in [6.45, 7) is 2.80. The molecule has 1 fully saturated rings. The molecule has 1 aromatic rings. The van der Waals surface area contributed by atoms with Gasteiger partial charge in [-0.3, -0.25) is 14.7 Å². The van der Waals surface area contributed by atoms with E-state index in [0.717, 1.165) is 26.1 Å². The minimum atomic E-state index is 0. The van der Waals surface area contributed by atoms with E-state index in [1.54, 1.807) is 6.34 Å². The average Bonchev–Trinajstić information content (AvgIpc) is 2.40. The lowest BCUT2D eigenvalue weighted by molar-refractivity contribution is -0.126. The van der Waals surface area contributed by atoms with Crippen molar-refractivity contribution in [2.75, 3.05) is 13.1 Å². The van der Waals surface area contributed by atoms with Crippen LogP contribution in [-0.2, 0) is 11.3 Å². The van der Waals surface area contributed by atoms with Gasteiger partial charge >= 0.3 is 0 Å². The number of hydrogen-bond donors (Lipinski definition) is 1. The number of fused-ring (bicyclic) bond motifs is 1. The van der Waals surface area contributed by atoms with Gasteiger partial charge in [-0.15, -0.1) is 12.4 Å². The molecule has 1 N–H and O–H groups in total. The lowest BCUT2D eigenvalue weighted by Gasteiger charge is -2.37. The van der Waals surface area contributed by atoms with E-state index in [1.165, 1.54) is 5.56 Å². The molecule has 1 aromatic carbocycles. The van der Waals surface area contributed by atoms with E-state index < -0.39 is 0 Å². The second kappa shape index (κ2) is 6.17. The van der Waals surface area contributed by atoms with Gasteiger partial charge in [0.1, 0.15) is 0 Å². The topological polar surface area (TPSA) is 44.7 Å². The van der Waals surface area contributed by atoms with E-state index in [9.17, 15) is 4.79 Å². The quantitative estimate of drug-likeness (QED) is 0.891. The molecule has 0 radical (unpaired) electrons. The predicted molar refractivity (Wildman–Crippen MR) is 77.5 cm³/mol. The molecule has 0 aromatic heterocycles. The first-order chi connectivity index (χ1) is 8.83. The van der Waals surface area contributed by atoms with Crippen LogP contribution in [0.25, 0.3) is 0 Å². The van der Waals surface area contributed by atoms with Crippen LogP contribution >= 0.6 is 12.4 Å². The zero-order chi connectivity index (χ0) is 12.4. The molecule has 19 heavy (non-hydrogen) atoms. The summed E-state index contributed by atoms with van der Waals surface area (Å²) in [5.74, 6) is 0.205. The molecule has 1 saturated heterocycles. The molecule has 1 amide bonds. The van der Waals surface area contributed by atoms with Crippen LogP contribution in [0, 0.1) is 5.92 Å². The molecule has 2 atom stereocenters. The predicted octanol–water partition coefficient (Wildman–Crippen LogP) is 1.46. The highest BCUT2D eigenvalue weighted by molar-refractivity contribution is 5.91. The minimum Gasteiger partial charge on any atom is -0.317 e. The third kappa shape index (κ3) is 3.14. The molecule has 3 rings (SSSR count). The summed E-state index contributed by atoms with van der Waals surface area (Å²) in [4.78, 5) is 18.4. The fraction of sp³-hybridized carbons (Fsp3) is 0.429. The lowest BCUT2D eigenvalue weighted by atomic mass is 9.90. The SMILES string of the molecule is Cl.O=C1NC=NC2CN(Cc3ccccc3)CCC12. The van der Waals surface area contributed by atoms with Gasteiger partial charge in [-0.1, -0.05) is 30.3 Å². The van der Waals surface area contributed by atoms with Crippen molar-refractivity contribution in [1.82, 2.24) is 10.2 Å². The number of carbonyl (C=O) groups excluding carboxylic acids is 1. The second-order valence-corrected chi connectivity index (χ2v) is 4.97. The number of benzene rings is 1. The van der Waals surface area contributed by atoms with E-state index in [2.05, 4.69) is 39.5 Å². The summed E-state index contributed by atoms with van der Waals surface area (Å²) < 4.78 is 0. The molecule has 0 spiro atoms. The van der Waals surface area contributed by atoms with Crippen molar-refractivity contribution in [3.63, 3.8) is 0 Å². The van der Waals surface area contributed by atoms with E-state index in [-0.39, 0.29) is 30.3 Å². The molecule has 102 valence electrons. The normalized spacial score (nSPS) is 26.2. The van der Waals surface area contributed by atoms with Gasteiger partial charge in [-0.2, -0.15) is 0 Å². The van der Waals surface area contributed by atoms with Crippen molar-refractivity contribution in [2.24, 2.45) is 10.9 Å². The van der Waals surface area contributed by atoms with Gasteiger partial charge in [0.25, 0.3) is 0 Å². The Bertz CT molecular complexity index is 463. The third-order valence-corrected chi connectivity index (χ3v) is 3.72. The van der Waals surface area contributed by atoms with Crippen molar-refractivity contribution >= 4 is 24.7 Å². The van der Waals surface area contributed by atoms with Crippen molar-refractivity contribution in [3.05, 3.63) is 35.9 Å². The van der Waals surface area contributed by atoms with Crippen molar-refractivity contribution in [2.45, 2.75) is 19.0 Å². The Morgan fingerprint density at radius 3 is 2.89 bits per heavy atom. The zero-order valence-electron chi connectivity index (χ0n) is 10.7. The number of carbonyl (C=O) groups is 1. The maximum Gasteiger partial charge on any atom is 0.230 e. The highest BCUT2D eigenvalue weighted by Gasteiger charge is 2.35. The maximum atomic E-state index is 11.7. The van der Waals surface area contributed by atoms with Gasteiger partial charge < -0.3 is 5.32 Å². The molecule has 0 bridgehead atoms. The van der Waals surface area contributed by atoms with E-state index >= 15 is 0 Å². The Balaban J connectivity index is 0.00000133. The number of halogens is 1. The standard InChI is InChI=1S/C14H17N3O.ClH/c18-14-12-6-7-17(9-13(12)15-10-16-14)8-11-4-2-1-3-5-11;/h1-5,10,12-13H,6-9H2,(H,15,16,18);1H. The fourth-order valence-electron chi connectivity index (χ4n) is 2.74. The monoisotopic (exact) mass is 279 g/mol. The first-order valence-corrected chi connectivity index (χ1v) is 6.41. The largest absolute Gasteiger partial charge is 0.317 e. The summed E-state index contributed by atoms with van der Waals surface area (Å²) >= 11 is 0. The Morgan fingerprint density at radius 1 is 1.32 bits per heavy atom. The molecule has 0 aliphatic carbocycles. The Labute approximate surface area is 119 Å². The number of nitrogens with one attached hydrogen (secondary N) is 1. The van der Waals surface area contributed by atoms with Crippen LogP contribution in [0.3, 0.4) is 0 Å².